The third-order valence-electron chi connectivity index (χ3n) is 4.13. The normalized spacial score (nSPS) is 23.9. The highest BCUT2D eigenvalue weighted by Crippen LogP contribution is 2.31. The van der Waals surface area contributed by atoms with E-state index in [1.807, 2.05) is 4.90 Å². The molecule has 0 spiro atoms. The number of morpholine rings is 1. The molecule has 10 heteroatoms. The molecule has 9 nitrogen and oxygen atoms in total. The SMILES string of the molecule is CS(=O)(=O)N1CCCCC1c1nc(N)nc(N2CCOCC2)n1. The molecule has 0 aliphatic carbocycles. The lowest BCUT2D eigenvalue weighted by molar-refractivity contribution is 0.122. The quantitative estimate of drug-likeness (QED) is 0.801. The van der Waals surface area contributed by atoms with Crippen molar-refractivity contribution in [2.45, 2.75) is 25.3 Å². The number of rotatable bonds is 3. The second-order valence-corrected chi connectivity index (χ2v) is 7.77. The average molecular weight is 342 g/mol. The molecule has 1 aromatic heterocycles. The van der Waals surface area contributed by atoms with Crippen molar-refractivity contribution in [3.05, 3.63) is 5.82 Å². The predicted molar refractivity (Wildman–Crippen MR) is 85.4 cm³/mol. The lowest BCUT2D eigenvalue weighted by Gasteiger charge is -2.33. The topological polar surface area (TPSA) is 115 Å². The van der Waals surface area contributed by atoms with Crippen LogP contribution in [0.1, 0.15) is 31.1 Å². The Hall–Kier alpha value is -1.52. The van der Waals surface area contributed by atoms with Crippen molar-refractivity contribution in [3.8, 4) is 0 Å². The Bertz CT molecular complexity index is 662. The molecule has 0 radical (unpaired) electrons. The minimum Gasteiger partial charge on any atom is -0.378 e. The second kappa shape index (κ2) is 6.54. The van der Waals surface area contributed by atoms with E-state index in [2.05, 4.69) is 15.0 Å². The van der Waals surface area contributed by atoms with Crippen molar-refractivity contribution in [2.75, 3.05) is 49.7 Å². The zero-order valence-electron chi connectivity index (χ0n) is 13.2. The monoisotopic (exact) mass is 342 g/mol. The van der Waals surface area contributed by atoms with Gasteiger partial charge < -0.3 is 15.4 Å². The van der Waals surface area contributed by atoms with Crippen LogP contribution in [0.15, 0.2) is 0 Å². The summed E-state index contributed by atoms with van der Waals surface area (Å²) in [6.07, 6.45) is 3.70. The zero-order chi connectivity index (χ0) is 16.4. The first-order valence-electron chi connectivity index (χ1n) is 7.76. The first kappa shape index (κ1) is 16.3. The standard InChI is InChI=1S/C13H22N6O3S/c1-23(20,21)19-5-3-2-4-10(19)11-15-12(14)17-13(16-11)18-6-8-22-9-7-18/h10H,2-9H2,1H3,(H2,14,15,16,17). The van der Waals surface area contributed by atoms with Gasteiger partial charge in [-0.3, -0.25) is 0 Å². The number of anilines is 2. The van der Waals surface area contributed by atoms with E-state index in [-0.39, 0.29) is 12.0 Å². The number of ether oxygens (including phenoxy) is 1. The molecule has 0 saturated carbocycles. The van der Waals surface area contributed by atoms with E-state index in [0.29, 0.717) is 51.0 Å². The van der Waals surface area contributed by atoms with Crippen LogP contribution in [0.5, 0.6) is 0 Å². The minimum absolute atomic E-state index is 0.121. The zero-order valence-corrected chi connectivity index (χ0v) is 14.0. The van der Waals surface area contributed by atoms with E-state index in [4.69, 9.17) is 10.5 Å². The molecule has 2 fully saturated rings. The van der Waals surface area contributed by atoms with Crippen LogP contribution in [0.2, 0.25) is 0 Å². The highest BCUT2D eigenvalue weighted by atomic mass is 32.2. The number of piperidine rings is 1. The fourth-order valence-electron chi connectivity index (χ4n) is 3.01. The summed E-state index contributed by atoms with van der Waals surface area (Å²) in [6.45, 7) is 3.08. The average Bonchev–Trinajstić information content (AvgIpc) is 2.54. The van der Waals surface area contributed by atoms with Crippen LogP contribution < -0.4 is 10.6 Å². The van der Waals surface area contributed by atoms with Crippen LogP contribution in [0.4, 0.5) is 11.9 Å². The molecule has 3 rings (SSSR count). The summed E-state index contributed by atoms with van der Waals surface area (Å²) in [5.74, 6) is 1.05. The maximum absolute atomic E-state index is 12.0. The fourth-order valence-corrected chi connectivity index (χ4v) is 4.13. The summed E-state index contributed by atoms with van der Waals surface area (Å²) in [5.41, 5.74) is 5.84. The smallest absolute Gasteiger partial charge is 0.230 e. The van der Waals surface area contributed by atoms with Crippen LogP contribution >= 0.6 is 0 Å². The van der Waals surface area contributed by atoms with Crippen molar-refractivity contribution in [2.24, 2.45) is 0 Å². The third kappa shape index (κ3) is 3.70. The van der Waals surface area contributed by atoms with Crippen LogP contribution in [0, 0.1) is 0 Å². The van der Waals surface area contributed by atoms with Gasteiger partial charge in [0, 0.05) is 19.6 Å². The van der Waals surface area contributed by atoms with Gasteiger partial charge in [-0.1, -0.05) is 6.42 Å². The molecule has 0 bridgehead atoms. The van der Waals surface area contributed by atoms with Gasteiger partial charge in [0.2, 0.25) is 21.9 Å². The van der Waals surface area contributed by atoms with Gasteiger partial charge in [0.1, 0.15) is 0 Å². The van der Waals surface area contributed by atoms with Crippen molar-refractivity contribution >= 4 is 21.9 Å². The van der Waals surface area contributed by atoms with Crippen LogP contribution in [-0.2, 0) is 14.8 Å². The Labute approximate surface area is 135 Å². The van der Waals surface area contributed by atoms with E-state index >= 15 is 0 Å². The van der Waals surface area contributed by atoms with Crippen LogP contribution in [0.3, 0.4) is 0 Å². The lowest BCUT2D eigenvalue weighted by atomic mass is 10.0. The summed E-state index contributed by atoms with van der Waals surface area (Å²) in [7, 11) is -3.32. The van der Waals surface area contributed by atoms with E-state index in [1.54, 1.807) is 0 Å². The summed E-state index contributed by atoms with van der Waals surface area (Å²) < 4.78 is 30.9. The Morgan fingerprint density at radius 2 is 1.87 bits per heavy atom. The van der Waals surface area contributed by atoms with E-state index in [0.717, 1.165) is 12.8 Å². The first-order chi connectivity index (χ1) is 10.9. The molecule has 2 N–H and O–H groups in total. The largest absolute Gasteiger partial charge is 0.378 e. The van der Waals surface area contributed by atoms with Gasteiger partial charge in [0.25, 0.3) is 0 Å². The van der Waals surface area contributed by atoms with Crippen molar-refractivity contribution in [3.63, 3.8) is 0 Å². The molecule has 1 atom stereocenters. The molecule has 3 heterocycles. The van der Waals surface area contributed by atoms with Crippen LogP contribution in [0.25, 0.3) is 0 Å². The number of aromatic nitrogens is 3. The van der Waals surface area contributed by atoms with Gasteiger partial charge in [0.05, 0.1) is 25.5 Å². The van der Waals surface area contributed by atoms with Crippen molar-refractivity contribution in [1.29, 1.82) is 0 Å². The molecule has 1 aromatic rings. The van der Waals surface area contributed by atoms with E-state index in [9.17, 15) is 8.42 Å². The van der Waals surface area contributed by atoms with Crippen LogP contribution in [-0.4, -0.2) is 66.8 Å². The Kier molecular flexibility index (Phi) is 4.64. The van der Waals surface area contributed by atoms with Crippen molar-refractivity contribution in [1.82, 2.24) is 19.3 Å². The number of hydrogen-bond donors (Lipinski definition) is 1. The molecule has 0 aromatic carbocycles. The number of sulfonamides is 1. The highest BCUT2D eigenvalue weighted by molar-refractivity contribution is 7.88. The molecule has 23 heavy (non-hydrogen) atoms. The van der Waals surface area contributed by atoms with Gasteiger partial charge in [-0.05, 0) is 12.8 Å². The number of hydrogen-bond acceptors (Lipinski definition) is 8. The maximum Gasteiger partial charge on any atom is 0.230 e. The van der Waals surface area contributed by atoms with Gasteiger partial charge in [0.15, 0.2) is 5.82 Å². The molecule has 2 saturated heterocycles. The highest BCUT2D eigenvalue weighted by Gasteiger charge is 2.33. The molecule has 1 unspecified atom stereocenters. The second-order valence-electron chi connectivity index (χ2n) is 5.84. The maximum atomic E-state index is 12.0. The summed E-state index contributed by atoms with van der Waals surface area (Å²) in [6, 6.07) is -0.371. The summed E-state index contributed by atoms with van der Waals surface area (Å²) >= 11 is 0. The van der Waals surface area contributed by atoms with Gasteiger partial charge in [-0.15, -0.1) is 0 Å². The summed E-state index contributed by atoms with van der Waals surface area (Å²) in [4.78, 5) is 14.9. The van der Waals surface area contributed by atoms with Gasteiger partial charge >= 0.3 is 0 Å². The predicted octanol–water partition coefficient (Wildman–Crippen LogP) is -0.223. The number of nitrogens with zero attached hydrogens (tertiary/aromatic N) is 5. The summed E-state index contributed by atoms with van der Waals surface area (Å²) in [5, 5.41) is 0. The fraction of sp³-hybridized carbons (Fsp3) is 0.769. The van der Waals surface area contributed by atoms with Gasteiger partial charge in [-0.25, -0.2) is 8.42 Å². The van der Waals surface area contributed by atoms with E-state index < -0.39 is 10.0 Å². The molecule has 128 valence electrons. The lowest BCUT2D eigenvalue weighted by Crippen LogP contribution is -2.40. The molecular weight excluding hydrogens is 320 g/mol. The van der Waals surface area contributed by atoms with Gasteiger partial charge in [-0.2, -0.15) is 19.3 Å². The Balaban J connectivity index is 1.93. The molecule has 2 aliphatic rings. The molecule has 0 amide bonds. The van der Waals surface area contributed by atoms with Crippen molar-refractivity contribution < 1.29 is 13.2 Å². The van der Waals surface area contributed by atoms with E-state index in [1.165, 1.54) is 10.6 Å². The molecule has 2 aliphatic heterocycles. The Morgan fingerprint density at radius 1 is 1.13 bits per heavy atom. The molecular formula is C13H22N6O3S. The first-order valence-corrected chi connectivity index (χ1v) is 9.61. The number of nitrogens with two attached hydrogens (primary N) is 1. The Morgan fingerprint density at radius 3 is 2.57 bits per heavy atom. The third-order valence-corrected chi connectivity index (χ3v) is 5.42. The number of nitrogen functional groups attached to an aromatic ring is 1. The minimum atomic E-state index is -3.32.